The van der Waals surface area contributed by atoms with E-state index in [9.17, 15) is 0 Å². The van der Waals surface area contributed by atoms with Gasteiger partial charge in [0.25, 0.3) is 0 Å². The number of imidazole rings is 1. The van der Waals surface area contributed by atoms with Crippen molar-refractivity contribution in [1.29, 1.82) is 0 Å². The molecular weight excluding hydrogens is 124 g/mol. The highest BCUT2D eigenvalue weighted by atomic mass is 15.0. The van der Waals surface area contributed by atoms with Crippen LogP contribution in [0.2, 0.25) is 0 Å². The normalized spacial score (nSPS) is 9.80. The maximum atomic E-state index is 4.29. The molecule has 0 spiro atoms. The summed E-state index contributed by atoms with van der Waals surface area (Å²) >= 11 is 0. The van der Waals surface area contributed by atoms with Crippen LogP contribution in [0.4, 0.5) is 0 Å². The van der Waals surface area contributed by atoms with Crippen LogP contribution >= 0.6 is 0 Å². The smallest absolute Gasteiger partial charge is 0.112 e. The molecule has 1 aromatic heterocycles. The van der Waals surface area contributed by atoms with Crippen LogP contribution in [0.5, 0.6) is 0 Å². The summed E-state index contributed by atoms with van der Waals surface area (Å²) in [6.07, 6.45) is 4.71. The van der Waals surface area contributed by atoms with Gasteiger partial charge in [-0.05, 0) is 6.92 Å². The van der Waals surface area contributed by atoms with Crippen molar-refractivity contribution in [3.8, 4) is 0 Å². The van der Waals surface area contributed by atoms with Gasteiger partial charge < -0.3 is 4.57 Å². The molecule has 0 unspecified atom stereocenters. The summed E-state index contributed by atoms with van der Waals surface area (Å²) in [5.41, 5.74) is 1.05. The van der Waals surface area contributed by atoms with Crippen molar-refractivity contribution < 1.29 is 0 Å². The van der Waals surface area contributed by atoms with E-state index in [1.54, 1.807) is 6.20 Å². The van der Waals surface area contributed by atoms with Gasteiger partial charge >= 0.3 is 0 Å². The molecule has 0 amide bonds. The fourth-order valence-corrected chi connectivity index (χ4v) is 0.986. The number of nitrogens with zero attached hydrogens (tertiary/aromatic N) is 2. The highest BCUT2D eigenvalue weighted by Crippen LogP contribution is 2.02. The Hall–Kier alpha value is -1.05. The van der Waals surface area contributed by atoms with Crippen LogP contribution in [-0.4, -0.2) is 9.55 Å². The van der Waals surface area contributed by atoms with Gasteiger partial charge in [0, 0.05) is 18.8 Å². The molecule has 1 aromatic rings. The predicted molar refractivity (Wildman–Crippen MR) is 42.7 cm³/mol. The molecule has 1 heterocycles. The third-order valence-corrected chi connectivity index (χ3v) is 1.44. The van der Waals surface area contributed by atoms with Gasteiger partial charge in [-0.1, -0.05) is 13.5 Å². The minimum Gasteiger partial charge on any atom is -0.311 e. The minimum atomic E-state index is 0.958. The Balaban J connectivity index is 3.08. The number of hydrogen-bond donors (Lipinski definition) is 0. The Morgan fingerprint density at radius 2 is 2.50 bits per heavy atom. The SMILES string of the molecule is C=Cn1cc(C)nc1CC. The standard InChI is InChI=1S/C8H12N2/c1-4-8-9-7(3)6-10(8)5-2/h5-6H,2,4H2,1,3H3. The Labute approximate surface area is 61.2 Å². The summed E-state index contributed by atoms with van der Waals surface area (Å²) in [7, 11) is 0. The summed E-state index contributed by atoms with van der Waals surface area (Å²) in [4.78, 5) is 4.29. The topological polar surface area (TPSA) is 17.8 Å². The van der Waals surface area contributed by atoms with Gasteiger partial charge in [-0.15, -0.1) is 0 Å². The molecule has 1 rings (SSSR count). The molecule has 0 bridgehead atoms. The third kappa shape index (κ3) is 1.10. The van der Waals surface area contributed by atoms with Crippen LogP contribution in [0.15, 0.2) is 12.8 Å². The molecule has 0 N–H and O–H groups in total. The van der Waals surface area contributed by atoms with Crippen molar-refractivity contribution >= 4 is 6.20 Å². The van der Waals surface area contributed by atoms with Crippen molar-refractivity contribution in [2.45, 2.75) is 20.3 Å². The molecule has 0 saturated carbocycles. The van der Waals surface area contributed by atoms with Gasteiger partial charge in [0.05, 0.1) is 5.69 Å². The van der Waals surface area contributed by atoms with Gasteiger partial charge in [0.2, 0.25) is 0 Å². The third-order valence-electron chi connectivity index (χ3n) is 1.44. The summed E-state index contributed by atoms with van der Waals surface area (Å²) in [5.74, 6) is 1.08. The van der Waals surface area contributed by atoms with Crippen molar-refractivity contribution in [2.75, 3.05) is 0 Å². The summed E-state index contributed by atoms with van der Waals surface area (Å²) in [6.45, 7) is 7.75. The average Bonchev–Trinajstić information content (AvgIpc) is 2.30. The average molecular weight is 136 g/mol. The number of hydrogen-bond acceptors (Lipinski definition) is 1. The number of aryl methyl sites for hydroxylation is 2. The molecular formula is C8H12N2. The molecule has 0 fully saturated rings. The zero-order chi connectivity index (χ0) is 7.56. The van der Waals surface area contributed by atoms with Gasteiger partial charge in [-0.2, -0.15) is 0 Å². The molecule has 0 aliphatic heterocycles. The van der Waals surface area contributed by atoms with E-state index in [4.69, 9.17) is 0 Å². The van der Waals surface area contributed by atoms with Gasteiger partial charge in [-0.25, -0.2) is 4.98 Å². The van der Waals surface area contributed by atoms with E-state index >= 15 is 0 Å². The summed E-state index contributed by atoms with van der Waals surface area (Å²) < 4.78 is 1.95. The zero-order valence-corrected chi connectivity index (χ0v) is 6.46. The lowest BCUT2D eigenvalue weighted by atomic mass is 10.4. The van der Waals surface area contributed by atoms with Gasteiger partial charge in [-0.3, -0.25) is 0 Å². The number of rotatable bonds is 2. The lowest BCUT2D eigenvalue weighted by Crippen LogP contribution is -1.91. The highest BCUT2D eigenvalue weighted by molar-refractivity contribution is 5.22. The van der Waals surface area contributed by atoms with Crippen LogP contribution in [0.25, 0.3) is 6.20 Å². The maximum Gasteiger partial charge on any atom is 0.112 e. The van der Waals surface area contributed by atoms with Crippen molar-refractivity contribution in [3.63, 3.8) is 0 Å². The van der Waals surface area contributed by atoms with Crippen LogP contribution < -0.4 is 0 Å². The van der Waals surface area contributed by atoms with Crippen LogP contribution in [0.1, 0.15) is 18.4 Å². The molecule has 0 aliphatic rings. The van der Waals surface area contributed by atoms with Gasteiger partial charge in [0.1, 0.15) is 5.82 Å². The zero-order valence-electron chi connectivity index (χ0n) is 6.46. The Morgan fingerprint density at radius 3 is 2.90 bits per heavy atom. The fraction of sp³-hybridized carbons (Fsp3) is 0.375. The highest BCUT2D eigenvalue weighted by Gasteiger charge is 1.97. The predicted octanol–water partition coefficient (Wildman–Crippen LogP) is 1.85. The van der Waals surface area contributed by atoms with E-state index in [0.717, 1.165) is 17.9 Å². The maximum absolute atomic E-state index is 4.29. The first-order chi connectivity index (χ1) is 4.77. The molecule has 0 radical (unpaired) electrons. The van der Waals surface area contributed by atoms with Crippen molar-refractivity contribution in [2.24, 2.45) is 0 Å². The van der Waals surface area contributed by atoms with Crippen molar-refractivity contribution in [1.82, 2.24) is 9.55 Å². The van der Waals surface area contributed by atoms with E-state index in [-0.39, 0.29) is 0 Å². The van der Waals surface area contributed by atoms with E-state index in [1.807, 2.05) is 17.7 Å². The largest absolute Gasteiger partial charge is 0.311 e. The van der Waals surface area contributed by atoms with Crippen molar-refractivity contribution in [3.05, 3.63) is 24.3 Å². The second kappa shape index (κ2) is 2.69. The molecule has 0 aromatic carbocycles. The van der Waals surface area contributed by atoms with E-state index in [1.165, 1.54) is 0 Å². The first kappa shape index (κ1) is 7.06. The molecule has 0 aliphatic carbocycles. The minimum absolute atomic E-state index is 0.958. The van der Waals surface area contributed by atoms with E-state index < -0.39 is 0 Å². The lowest BCUT2D eigenvalue weighted by Gasteiger charge is -1.94. The molecule has 0 atom stereocenters. The molecule has 0 saturated heterocycles. The summed E-state index contributed by atoms with van der Waals surface area (Å²) in [5, 5.41) is 0. The molecule has 54 valence electrons. The second-order valence-corrected chi connectivity index (χ2v) is 2.24. The monoisotopic (exact) mass is 136 g/mol. The molecule has 2 nitrogen and oxygen atoms in total. The Morgan fingerprint density at radius 1 is 1.80 bits per heavy atom. The van der Waals surface area contributed by atoms with Gasteiger partial charge in [0.15, 0.2) is 0 Å². The van der Waals surface area contributed by atoms with Crippen LogP contribution in [0, 0.1) is 6.92 Å². The molecule has 2 heteroatoms. The van der Waals surface area contributed by atoms with E-state index in [2.05, 4.69) is 18.5 Å². The fourth-order valence-electron chi connectivity index (χ4n) is 0.986. The summed E-state index contributed by atoms with van der Waals surface area (Å²) in [6, 6.07) is 0. The van der Waals surface area contributed by atoms with E-state index in [0.29, 0.717) is 0 Å². The first-order valence-electron chi connectivity index (χ1n) is 3.44. The van der Waals surface area contributed by atoms with Crippen LogP contribution in [0.3, 0.4) is 0 Å². The Kier molecular flexibility index (Phi) is 1.90. The first-order valence-corrected chi connectivity index (χ1v) is 3.44. The molecule has 10 heavy (non-hydrogen) atoms. The Bertz CT molecular complexity index is 235. The number of aromatic nitrogens is 2. The quantitative estimate of drug-likeness (QED) is 0.606. The lowest BCUT2D eigenvalue weighted by molar-refractivity contribution is 0.922. The second-order valence-electron chi connectivity index (χ2n) is 2.24. The van der Waals surface area contributed by atoms with Crippen LogP contribution in [-0.2, 0) is 6.42 Å².